The molecular weight excluding hydrogens is 336 g/mol. The van der Waals surface area contributed by atoms with Gasteiger partial charge in [-0.1, -0.05) is 0 Å². The highest BCUT2D eigenvalue weighted by Crippen LogP contribution is 2.25. The SMILES string of the molecule is CC(C)(C)OC(=O)N1CCNCCC1c1ncc(Br)cn1. The third-order valence-electron chi connectivity index (χ3n) is 3.07. The Morgan fingerprint density at radius 2 is 2.05 bits per heavy atom. The van der Waals surface area contributed by atoms with E-state index >= 15 is 0 Å². The number of carbonyl (C=O) groups excluding carboxylic acids is 1. The summed E-state index contributed by atoms with van der Waals surface area (Å²) >= 11 is 3.33. The van der Waals surface area contributed by atoms with Crippen molar-refractivity contribution in [3.05, 3.63) is 22.7 Å². The van der Waals surface area contributed by atoms with Crippen molar-refractivity contribution in [2.45, 2.75) is 38.8 Å². The molecule has 116 valence electrons. The molecular formula is C14H21BrN4O2. The van der Waals surface area contributed by atoms with E-state index in [4.69, 9.17) is 4.74 Å². The van der Waals surface area contributed by atoms with Gasteiger partial charge in [0, 0.05) is 25.5 Å². The molecule has 1 atom stereocenters. The maximum atomic E-state index is 12.4. The standard InChI is InChI=1S/C14H21BrN4O2/c1-14(2,3)21-13(20)19-7-6-16-5-4-11(19)12-17-8-10(15)9-18-12/h8-9,11,16H,4-7H2,1-3H3. The summed E-state index contributed by atoms with van der Waals surface area (Å²) < 4.78 is 6.32. The van der Waals surface area contributed by atoms with Crippen molar-refractivity contribution in [1.82, 2.24) is 20.2 Å². The lowest BCUT2D eigenvalue weighted by molar-refractivity contribution is 0.0163. The summed E-state index contributed by atoms with van der Waals surface area (Å²) in [6.45, 7) is 7.75. The summed E-state index contributed by atoms with van der Waals surface area (Å²) in [6.07, 6.45) is 3.85. The van der Waals surface area contributed by atoms with Crippen molar-refractivity contribution in [3.8, 4) is 0 Å². The fraction of sp³-hybridized carbons (Fsp3) is 0.643. The molecule has 0 bridgehead atoms. The minimum atomic E-state index is -0.512. The normalized spacial score (nSPS) is 20.0. The first-order chi connectivity index (χ1) is 9.87. The number of carbonyl (C=O) groups is 1. The van der Waals surface area contributed by atoms with Gasteiger partial charge >= 0.3 is 6.09 Å². The number of nitrogens with zero attached hydrogens (tertiary/aromatic N) is 3. The molecule has 0 spiro atoms. The first kappa shape index (κ1) is 16.2. The number of halogens is 1. The lowest BCUT2D eigenvalue weighted by Gasteiger charge is -2.31. The van der Waals surface area contributed by atoms with Gasteiger partial charge in [0.05, 0.1) is 10.5 Å². The second-order valence-corrected chi connectivity index (χ2v) is 6.90. The molecule has 1 saturated heterocycles. The Labute approximate surface area is 133 Å². The van der Waals surface area contributed by atoms with Gasteiger partial charge in [-0.05, 0) is 49.7 Å². The maximum absolute atomic E-state index is 12.4. The Balaban J connectivity index is 2.21. The monoisotopic (exact) mass is 356 g/mol. The molecule has 1 aromatic rings. The Morgan fingerprint density at radius 3 is 2.67 bits per heavy atom. The van der Waals surface area contributed by atoms with E-state index < -0.39 is 5.60 Å². The first-order valence-electron chi connectivity index (χ1n) is 7.04. The van der Waals surface area contributed by atoms with Crippen LogP contribution >= 0.6 is 15.9 Å². The van der Waals surface area contributed by atoms with Crippen LogP contribution in [0.4, 0.5) is 4.79 Å². The highest BCUT2D eigenvalue weighted by molar-refractivity contribution is 9.10. The second kappa shape index (κ2) is 6.70. The summed E-state index contributed by atoms with van der Waals surface area (Å²) in [4.78, 5) is 22.8. The Morgan fingerprint density at radius 1 is 1.38 bits per heavy atom. The van der Waals surface area contributed by atoms with E-state index in [1.165, 1.54) is 0 Å². The molecule has 6 nitrogen and oxygen atoms in total. The Kier molecular flexibility index (Phi) is 5.16. The maximum Gasteiger partial charge on any atom is 0.410 e. The van der Waals surface area contributed by atoms with Crippen LogP contribution in [-0.2, 0) is 4.74 Å². The molecule has 1 fully saturated rings. The minimum absolute atomic E-state index is 0.164. The quantitative estimate of drug-likeness (QED) is 0.837. The van der Waals surface area contributed by atoms with E-state index in [1.54, 1.807) is 17.3 Å². The molecule has 0 aliphatic carbocycles. The van der Waals surface area contributed by atoms with Gasteiger partial charge < -0.3 is 10.1 Å². The molecule has 2 rings (SSSR count). The molecule has 21 heavy (non-hydrogen) atoms. The van der Waals surface area contributed by atoms with Crippen molar-refractivity contribution < 1.29 is 9.53 Å². The van der Waals surface area contributed by atoms with Crippen molar-refractivity contribution >= 4 is 22.0 Å². The third-order valence-corrected chi connectivity index (χ3v) is 3.48. The molecule has 0 saturated carbocycles. The molecule has 1 amide bonds. The largest absolute Gasteiger partial charge is 0.444 e. The fourth-order valence-corrected chi connectivity index (χ4v) is 2.38. The molecule has 2 heterocycles. The molecule has 0 aromatic carbocycles. The van der Waals surface area contributed by atoms with Crippen LogP contribution in [0.25, 0.3) is 0 Å². The Hall–Kier alpha value is -1.21. The van der Waals surface area contributed by atoms with Crippen LogP contribution in [0.2, 0.25) is 0 Å². The first-order valence-corrected chi connectivity index (χ1v) is 7.84. The van der Waals surface area contributed by atoms with Gasteiger partial charge in [0.2, 0.25) is 0 Å². The number of rotatable bonds is 1. The van der Waals surface area contributed by atoms with Crippen LogP contribution < -0.4 is 5.32 Å². The number of amides is 1. The van der Waals surface area contributed by atoms with E-state index in [0.717, 1.165) is 24.0 Å². The molecule has 1 aliphatic heterocycles. The zero-order chi connectivity index (χ0) is 15.5. The van der Waals surface area contributed by atoms with E-state index in [2.05, 4.69) is 31.2 Å². The van der Waals surface area contributed by atoms with Crippen molar-refractivity contribution in [2.75, 3.05) is 19.6 Å². The lowest BCUT2D eigenvalue weighted by atomic mass is 10.1. The summed E-state index contributed by atoms with van der Waals surface area (Å²) in [6, 6.07) is -0.164. The highest BCUT2D eigenvalue weighted by atomic mass is 79.9. The summed E-state index contributed by atoms with van der Waals surface area (Å²) in [5, 5.41) is 3.29. The minimum Gasteiger partial charge on any atom is -0.444 e. The average Bonchev–Trinajstić information content (AvgIpc) is 2.63. The van der Waals surface area contributed by atoms with Gasteiger partial charge in [-0.3, -0.25) is 4.90 Å². The van der Waals surface area contributed by atoms with Crippen molar-refractivity contribution in [3.63, 3.8) is 0 Å². The van der Waals surface area contributed by atoms with Crippen LogP contribution in [0, 0.1) is 0 Å². The topological polar surface area (TPSA) is 67.3 Å². The van der Waals surface area contributed by atoms with Gasteiger partial charge in [0.25, 0.3) is 0 Å². The van der Waals surface area contributed by atoms with Crippen LogP contribution in [0.1, 0.15) is 39.1 Å². The number of aromatic nitrogens is 2. The van der Waals surface area contributed by atoms with E-state index in [1.807, 2.05) is 20.8 Å². The molecule has 1 unspecified atom stereocenters. The zero-order valence-electron chi connectivity index (χ0n) is 12.6. The van der Waals surface area contributed by atoms with Gasteiger partial charge in [-0.25, -0.2) is 14.8 Å². The fourth-order valence-electron chi connectivity index (χ4n) is 2.18. The van der Waals surface area contributed by atoms with E-state index in [0.29, 0.717) is 12.4 Å². The van der Waals surface area contributed by atoms with Gasteiger partial charge in [-0.2, -0.15) is 0 Å². The number of ether oxygens (including phenoxy) is 1. The highest BCUT2D eigenvalue weighted by Gasteiger charge is 2.31. The molecule has 1 aromatic heterocycles. The van der Waals surface area contributed by atoms with Gasteiger partial charge in [0.15, 0.2) is 5.82 Å². The van der Waals surface area contributed by atoms with Crippen LogP contribution in [0.15, 0.2) is 16.9 Å². The molecule has 1 N–H and O–H groups in total. The van der Waals surface area contributed by atoms with E-state index in [9.17, 15) is 4.79 Å². The van der Waals surface area contributed by atoms with Crippen molar-refractivity contribution in [1.29, 1.82) is 0 Å². The lowest BCUT2D eigenvalue weighted by Crippen LogP contribution is -2.40. The third kappa shape index (κ3) is 4.64. The molecule has 0 radical (unpaired) electrons. The van der Waals surface area contributed by atoms with Gasteiger partial charge in [0.1, 0.15) is 5.60 Å². The van der Waals surface area contributed by atoms with E-state index in [-0.39, 0.29) is 12.1 Å². The second-order valence-electron chi connectivity index (χ2n) is 5.99. The predicted octanol–water partition coefficient (Wildman–Crippen LogP) is 2.51. The van der Waals surface area contributed by atoms with Crippen molar-refractivity contribution in [2.24, 2.45) is 0 Å². The molecule has 1 aliphatic rings. The van der Waals surface area contributed by atoms with Gasteiger partial charge in [-0.15, -0.1) is 0 Å². The number of hydrogen-bond donors (Lipinski definition) is 1. The zero-order valence-corrected chi connectivity index (χ0v) is 14.2. The number of nitrogens with one attached hydrogen (secondary N) is 1. The van der Waals surface area contributed by atoms with Crippen LogP contribution in [0.5, 0.6) is 0 Å². The average molecular weight is 357 g/mol. The van der Waals surface area contributed by atoms with Crippen LogP contribution in [-0.4, -0.2) is 46.2 Å². The molecule has 7 heteroatoms. The summed E-state index contributed by atoms with van der Waals surface area (Å²) in [5.74, 6) is 0.646. The summed E-state index contributed by atoms with van der Waals surface area (Å²) in [7, 11) is 0. The Bertz CT molecular complexity index is 487. The predicted molar refractivity (Wildman–Crippen MR) is 82.9 cm³/mol. The summed E-state index contributed by atoms with van der Waals surface area (Å²) in [5.41, 5.74) is -0.512. The number of hydrogen-bond acceptors (Lipinski definition) is 5. The van der Waals surface area contributed by atoms with Crippen LogP contribution in [0.3, 0.4) is 0 Å². The smallest absolute Gasteiger partial charge is 0.410 e.